The lowest BCUT2D eigenvalue weighted by Crippen LogP contribution is -2.46. The quantitative estimate of drug-likeness (QED) is 0.471. The van der Waals surface area contributed by atoms with Gasteiger partial charge in [0, 0.05) is 43.4 Å². The molecule has 2 fully saturated rings. The first-order valence-electron chi connectivity index (χ1n) is 11.0. The Morgan fingerprint density at radius 3 is 2.31 bits per heavy atom. The van der Waals surface area contributed by atoms with Crippen LogP contribution in [0.5, 0.6) is 0 Å². The SMILES string of the molecule is Br.O=C(c1ccc([N+](=O)[O-])cc1)N(Cc1ccccc1)[C@@H]1CN(C2CCCCC2)C[C@H]1O. The van der Waals surface area contributed by atoms with Crippen molar-refractivity contribution in [3.8, 4) is 0 Å². The molecule has 0 unspecified atom stereocenters. The van der Waals surface area contributed by atoms with Crippen molar-refractivity contribution >= 4 is 28.6 Å². The third-order valence-electron chi connectivity index (χ3n) is 6.56. The van der Waals surface area contributed by atoms with E-state index in [0.29, 0.717) is 31.2 Å². The highest BCUT2D eigenvalue weighted by atomic mass is 79.9. The molecule has 1 aliphatic carbocycles. The lowest BCUT2D eigenvalue weighted by Gasteiger charge is -2.33. The van der Waals surface area contributed by atoms with Crippen LogP contribution in [0.2, 0.25) is 0 Å². The van der Waals surface area contributed by atoms with E-state index in [9.17, 15) is 20.0 Å². The van der Waals surface area contributed by atoms with E-state index in [-0.39, 0.29) is 34.6 Å². The topological polar surface area (TPSA) is 86.9 Å². The molecular weight excluding hydrogens is 474 g/mol. The smallest absolute Gasteiger partial charge is 0.269 e. The van der Waals surface area contributed by atoms with Crippen LogP contribution < -0.4 is 0 Å². The van der Waals surface area contributed by atoms with Gasteiger partial charge in [0.05, 0.1) is 17.1 Å². The number of halogens is 1. The third kappa shape index (κ3) is 5.54. The number of aliphatic hydroxyl groups excluding tert-OH is 1. The van der Waals surface area contributed by atoms with Crippen LogP contribution in [0, 0.1) is 10.1 Å². The Balaban J connectivity index is 0.00000289. The minimum Gasteiger partial charge on any atom is -0.390 e. The second-order valence-electron chi connectivity index (χ2n) is 8.60. The number of β-amino-alcohol motifs (C(OH)–C–C–N with tert-alkyl or cyclic N) is 1. The molecule has 1 N–H and O–H groups in total. The Labute approximate surface area is 198 Å². The maximum absolute atomic E-state index is 13.5. The summed E-state index contributed by atoms with van der Waals surface area (Å²) >= 11 is 0. The van der Waals surface area contributed by atoms with E-state index in [0.717, 1.165) is 18.4 Å². The molecule has 32 heavy (non-hydrogen) atoms. The van der Waals surface area contributed by atoms with Gasteiger partial charge < -0.3 is 10.0 Å². The van der Waals surface area contributed by atoms with Crippen molar-refractivity contribution in [3.05, 3.63) is 75.8 Å². The Bertz CT molecular complexity index is 903. The normalized spacial score (nSPS) is 21.7. The number of non-ortho nitro benzene ring substituents is 1. The van der Waals surface area contributed by atoms with Gasteiger partial charge in [0.2, 0.25) is 0 Å². The summed E-state index contributed by atoms with van der Waals surface area (Å²) in [6.45, 7) is 1.61. The fraction of sp³-hybridized carbons (Fsp3) is 0.458. The summed E-state index contributed by atoms with van der Waals surface area (Å²) in [7, 11) is 0. The van der Waals surface area contributed by atoms with Gasteiger partial charge in [-0.1, -0.05) is 49.6 Å². The molecule has 2 aliphatic rings. The number of rotatable bonds is 6. The number of nitrogens with zero attached hydrogens (tertiary/aromatic N) is 3. The summed E-state index contributed by atoms with van der Waals surface area (Å²) in [4.78, 5) is 28.0. The Morgan fingerprint density at radius 1 is 1.03 bits per heavy atom. The molecule has 0 radical (unpaired) electrons. The number of benzene rings is 2. The molecule has 172 valence electrons. The summed E-state index contributed by atoms with van der Waals surface area (Å²) in [5.74, 6) is -0.215. The van der Waals surface area contributed by atoms with E-state index >= 15 is 0 Å². The minimum absolute atomic E-state index is 0. The van der Waals surface area contributed by atoms with Crippen molar-refractivity contribution in [1.82, 2.24) is 9.80 Å². The maximum Gasteiger partial charge on any atom is 0.269 e. The second kappa shape index (κ2) is 11.0. The highest BCUT2D eigenvalue weighted by Gasteiger charge is 2.40. The van der Waals surface area contributed by atoms with Gasteiger partial charge in [-0.2, -0.15) is 0 Å². The molecule has 1 aliphatic heterocycles. The zero-order chi connectivity index (χ0) is 21.8. The molecule has 0 bridgehead atoms. The number of nitro groups is 1. The first kappa shape index (κ1) is 24.4. The van der Waals surface area contributed by atoms with Crippen molar-refractivity contribution in [2.45, 2.75) is 56.8 Å². The molecule has 2 aromatic rings. The fourth-order valence-electron chi connectivity index (χ4n) is 4.86. The zero-order valence-corrected chi connectivity index (χ0v) is 19.7. The molecule has 1 amide bonds. The van der Waals surface area contributed by atoms with Crippen LogP contribution in [-0.2, 0) is 6.54 Å². The van der Waals surface area contributed by atoms with E-state index in [1.165, 1.54) is 43.5 Å². The zero-order valence-electron chi connectivity index (χ0n) is 18.0. The third-order valence-corrected chi connectivity index (χ3v) is 6.56. The van der Waals surface area contributed by atoms with Crippen LogP contribution in [0.15, 0.2) is 54.6 Å². The second-order valence-corrected chi connectivity index (χ2v) is 8.60. The van der Waals surface area contributed by atoms with Crippen molar-refractivity contribution in [1.29, 1.82) is 0 Å². The number of amides is 1. The van der Waals surface area contributed by atoms with Gasteiger partial charge in [0.1, 0.15) is 0 Å². The van der Waals surface area contributed by atoms with Crippen LogP contribution in [0.25, 0.3) is 0 Å². The number of carbonyl (C=O) groups excluding carboxylic acids is 1. The summed E-state index contributed by atoms with van der Waals surface area (Å²) in [6, 6.07) is 15.6. The monoisotopic (exact) mass is 503 g/mol. The van der Waals surface area contributed by atoms with Gasteiger partial charge in [0.25, 0.3) is 11.6 Å². The Kier molecular flexibility index (Phi) is 8.39. The molecule has 7 nitrogen and oxygen atoms in total. The van der Waals surface area contributed by atoms with E-state index in [1.54, 1.807) is 4.90 Å². The van der Waals surface area contributed by atoms with Crippen LogP contribution in [0.1, 0.15) is 48.0 Å². The minimum atomic E-state index is -0.618. The van der Waals surface area contributed by atoms with E-state index in [2.05, 4.69) is 4.90 Å². The van der Waals surface area contributed by atoms with Crippen LogP contribution in [0.4, 0.5) is 5.69 Å². The standard InChI is InChI=1S/C24H29N3O4.BrH/c28-23-17-25(20-9-5-2-6-10-20)16-22(23)26(15-18-7-3-1-4-8-18)24(29)19-11-13-21(14-12-19)27(30)31;/h1,3-4,7-8,11-14,20,22-23,28H,2,5-6,9-10,15-17H2;1H/t22-,23-;/m1./s1. The van der Waals surface area contributed by atoms with Gasteiger partial charge in [0.15, 0.2) is 0 Å². The molecule has 1 saturated heterocycles. The van der Waals surface area contributed by atoms with Crippen molar-refractivity contribution in [3.63, 3.8) is 0 Å². The first-order valence-corrected chi connectivity index (χ1v) is 11.0. The summed E-state index contributed by atoms with van der Waals surface area (Å²) in [6.07, 6.45) is 5.39. The first-order chi connectivity index (χ1) is 15.0. The maximum atomic E-state index is 13.5. The van der Waals surface area contributed by atoms with Crippen LogP contribution in [0.3, 0.4) is 0 Å². The average molecular weight is 504 g/mol. The summed E-state index contributed by atoms with van der Waals surface area (Å²) in [5.41, 5.74) is 1.33. The largest absolute Gasteiger partial charge is 0.390 e. The predicted octanol–water partition coefficient (Wildman–Crippen LogP) is 4.19. The number of hydrogen-bond donors (Lipinski definition) is 1. The molecule has 4 rings (SSSR count). The predicted molar refractivity (Wildman–Crippen MR) is 128 cm³/mol. The molecule has 2 atom stereocenters. The molecular formula is C24H30BrN3O4. The fourth-order valence-corrected chi connectivity index (χ4v) is 4.86. The number of nitro benzene ring substituents is 1. The summed E-state index contributed by atoms with van der Waals surface area (Å²) in [5, 5.41) is 21.9. The molecule has 2 aromatic carbocycles. The Hall–Kier alpha value is -2.29. The summed E-state index contributed by atoms with van der Waals surface area (Å²) < 4.78 is 0. The number of likely N-dealkylation sites (tertiary alicyclic amines) is 1. The van der Waals surface area contributed by atoms with Gasteiger partial charge >= 0.3 is 0 Å². The van der Waals surface area contributed by atoms with E-state index in [1.807, 2.05) is 30.3 Å². The lowest BCUT2D eigenvalue weighted by molar-refractivity contribution is -0.384. The van der Waals surface area contributed by atoms with E-state index in [4.69, 9.17) is 0 Å². The van der Waals surface area contributed by atoms with Crippen LogP contribution >= 0.6 is 17.0 Å². The number of aliphatic hydroxyl groups is 1. The molecule has 8 heteroatoms. The average Bonchev–Trinajstić information content (AvgIpc) is 3.19. The van der Waals surface area contributed by atoms with Crippen molar-refractivity contribution < 1.29 is 14.8 Å². The van der Waals surface area contributed by atoms with Gasteiger partial charge in [-0.05, 0) is 30.5 Å². The van der Waals surface area contributed by atoms with E-state index < -0.39 is 11.0 Å². The highest BCUT2D eigenvalue weighted by Crippen LogP contribution is 2.29. The van der Waals surface area contributed by atoms with Gasteiger partial charge in [-0.25, -0.2) is 0 Å². The molecule has 1 heterocycles. The molecule has 0 spiro atoms. The number of hydrogen-bond acceptors (Lipinski definition) is 5. The van der Waals surface area contributed by atoms with Gasteiger partial charge in [-0.15, -0.1) is 17.0 Å². The molecule has 0 aromatic heterocycles. The van der Waals surface area contributed by atoms with Crippen molar-refractivity contribution in [2.75, 3.05) is 13.1 Å². The highest BCUT2D eigenvalue weighted by molar-refractivity contribution is 8.93. The number of carbonyl (C=O) groups is 1. The molecule has 1 saturated carbocycles. The van der Waals surface area contributed by atoms with Gasteiger partial charge in [-0.3, -0.25) is 19.8 Å². The Morgan fingerprint density at radius 2 is 1.69 bits per heavy atom. The lowest BCUT2D eigenvalue weighted by atomic mass is 9.94. The van der Waals surface area contributed by atoms with Crippen LogP contribution in [-0.4, -0.2) is 57.0 Å². The van der Waals surface area contributed by atoms with Crippen molar-refractivity contribution in [2.24, 2.45) is 0 Å².